The summed E-state index contributed by atoms with van der Waals surface area (Å²) in [5.41, 5.74) is 0. The van der Waals surface area contributed by atoms with Gasteiger partial charge in [-0.3, -0.25) is 9.11 Å². The molecule has 2 N–H and O–H groups in total. The minimum atomic E-state index is -4.28. The molecule has 0 saturated heterocycles. The topological polar surface area (TPSA) is 118 Å². The summed E-state index contributed by atoms with van der Waals surface area (Å²) in [6, 6.07) is 0. The molecular weight excluding hydrogens is 372 g/mol. The monoisotopic (exact) mass is 402 g/mol. The lowest BCUT2D eigenvalue weighted by molar-refractivity contribution is 0.0588. The Morgan fingerprint density at radius 1 is 1.00 bits per heavy atom. The van der Waals surface area contributed by atoms with Gasteiger partial charge in [0.2, 0.25) is 0 Å². The zero-order valence-corrected chi connectivity index (χ0v) is 17.7. The molecule has 3 unspecified atom stereocenters. The molecule has 0 aliphatic heterocycles. The fourth-order valence-electron chi connectivity index (χ4n) is 2.98. The van der Waals surface area contributed by atoms with Crippen LogP contribution < -0.4 is 0 Å². The van der Waals surface area contributed by atoms with Crippen molar-refractivity contribution < 1.29 is 30.4 Å². The smallest absolute Gasteiger partial charge is 0.265 e. The van der Waals surface area contributed by atoms with E-state index in [0.717, 1.165) is 0 Å². The van der Waals surface area contributed by atoms with Crippen LogP contribution in [0.25, 0.3) is 0 Å². The minimum Gasteiger partial charge on any atom is -0.414 e. The van der Waals surface area contributed by atoms with Crippen LogP contribution in [0.15, 0.2) is 0 Å². The van der Waals surface area contributed by atoms with E-state index in [9.17, 15) is 21.4 Å². The summed E-state index contributed by atoms with van der Waals surface area (Å²) in [5.74, 6) is -2.26. The van der Waals surface area contributed by atoms with E-state index in [1.807, 2.05) is 13.1 Å². The Balaban J connectivity index is 3.11. The highest BCUT2D eigenvalue weighted by molar-refractivity contribution is 7.86. The maximum absolute atomic E-state index is 11.4. The van der Waals surface area contributed by atoms with Gasteiger partial charge in [-0.2, -0.15) is 16.8 Å². The first kappa shape index (κ1) is 22.0. The molecule has 3 atom stereocenters. The van der Waals surface area contributed by atoms with E-state index in [1.165, 1.54) is 0 Å². The average molecular weight is 403 g/mol. The molecule has 0 heterocycles. The third kappa shape index (κ3) is 6.72. The van der Waals surface area contributed by atoms with Crippen molar-refractivity contribution in [3.05, 3.63) is 0 Å². The predicted molar refractivity (Wildman–Crippen MR) is 95.7 cm³/mol. The lowest BCUT2D eigenvalue weighted by Gasteiger charge is -2.45. The van der Waals surface area contributed by atoms with Crippen LogP contribution >= 0.6 is 0 Å². The molecule has 10 heteroatoms. The first-order valence-electron chi connectivity index (χ1n) is 8.10. The molecule has 0 aromatic carbocycles. The number of hydrogen-bond acceptors (Lipinski definition) is 5. The summed E-state index contributed by atoms with van der Waals surface area (Å²) in [5, 5.41) is -0.0777. The SMILES string of the molecule is CC(C)(C)[Si](C)(C)OC1CCCC(CS(=O)(=O)O)C1CS(=O)(=O)O. The molecule has 0 aromatic rings. The lowest BCUT2D eigenvalue weighted by atomic mass is 9.79. The van der Waals surface area contributed by atoms with Gasteiger partial charge in [0, 0.05) is 12.0 Å². The van der Waals surface area contributed by atoms with Crippen LogP contribution in [-0.4, -0.2) is 51.9 Å². The van der Waals surface area contributed by atoms with Crippen molar-refractivity contribution in [2.24, 2.45) is 11.8 Å². The maximum Gasteiger partial charge on any atom is 0.265 e. The number of hydrogen-bond donors (Lipinski definition) is 2. The van der Waals surface area contributed by atoms with Crippen LogP contribution in [0.1, 0.15) is 40.0 Å². The van der Waals surface area contributed by atoms with Crippen LogP contribution in [0.5, 0.6) is 0 Å². The molecule has 24 heavy (non-hydrogen) atoms. The average Bonchev–Trinajstić information content (AvgIpc) is 2.28. The first-order valence-corrected chi connectivity index (χ1v) is 14.2. The highest BCUT2D eigenvalue weighted by Gasteiger charge is 2.44. The van der Waals surface area contributed by atoms with Crippen molar-refractivity contribution in [2.45, 2.75) is 64.3 Å². The Bertz CT molecular complexity index is 635. The molecule has 1 rings (SSSR count). The van der Waals surface area contributed by atoms with Gasteiger partial charge in [0.05, 0.1) is 11.5 Å². The van der Waals surface area contributed by atoms with E-state index in [2.05, 4.69) is 20.8 Å². The molecule has 0 radical (unpaired) electrons. The van der Waals surface area contributed by atoms with Crippen molar-refractivity contribution >= 4 is 28.6 Å². The van der Waals surface area contributed by atoms with E-state index in [-0.39, 0.29) is 5.04 Å². The van der Waals surface area contributed by atoms with Crippen molar-refractivity contribution in [1.29, 1.82) is 0 Å². The van der Waals surface area contributed by atoms with Crippen LogP contribution in [0.4, 0.5) is 0 Å². The van der Waals surface area contributed by atoms with E-state index in [4.69, 9.17) is 8.98 Å². The minimum absolute atomic E-state index is 0.0777. The fourth-order valence-corrected chi connectivity index (χ4v) is 6.31. The molecule has 0 aromatic heterocycles. The maximum atomic E-state index is 11.4. The molecule has 7 nitrogen and oxygen atoms in total. The molecule has 0 amide bonds. The molecule has 144 valence electrons. The Hall–Kier alpha value is -0.00312. The summed E-state index contributed by atoms with van der Waals surface area (Å²) >= 11 is 0. The highest BCUT2D eigenvalue weighted by atomic mass is 32.2. The van der Waals surface area contributed by atoms with Gasteiger partial charge >= 0.3 is 0 Å². The summed E-state index contributed by atoms with van der Waals surface area (Å²) in [7, 11) is -10.7. The van der Waals surface area contributed by atoms with Gasteiger partial charge in [-0.25, -0.2) is 0 Å². The van der Waals surface area contributed by atoms with Gasteiger partial charge in [-0.15, -0.1) is 0 Å². The first-order chi connectivity index (χ1) is 10.5. The van der Waals surface area contributed by atoms with Crippen molar-refractivity contribution in [2.75, 3.05) is 11.5 Å². The van der Waals surface area contributed by atoms with E-state index >= 15 is 0 Å². The largest absolute Gasteiger partial charge is 0.414 e. The molecule has 1 fully saturated rings. The molecule has 1 aliphatic carbocycles. The second-order valence-electron chi connectivity index (χ2n) is 8.27. The Morgan fingerprint density at radius 2 is 1.50 bits per heavy atom. The molecule has 1 saturated carbocycles. The molecule has 1 aliphatic rings. The van der Waals surface area contributed by atoms with Gasteiger partial charge < -0.3 is 4.43 Å². The van der Waals surface area contributed by atoms with E-state index < -0.39 is 58.0 Å². The van der Waals surface area contributed by atoms with Crippen LogP contribution in [0.2, 0.25) is 18.1 Å². The van der Waals surface area contributed by atoms with Gasteiger partial charge in [0.25, 0.3) is 20.2 Å². The van der Waals surface area contributed by atoms with Crippen LogP contribution in [0.3, 0.4) is 0 Å². The zero-order chi connectivity index (χ0) is 19.0. The summed E-state index contributed by atoms with van der Waals surface area (Å²) in [4.78, 5) is 0. The molecule has 0 bridgehead atoms. The highest BCUT2D eigenvalue weighted by Crippen LogP contribution is 2.42. The van der Waals surface area contributed by atoms with Crippen LogP contribution in [-0.2, 0) is 24.7 Å². The quantitative estimate of drug-likeness (QED) is 0.518. The van der Waals surface area contributed by atoms with E-state index in [0.29, 0.717) is 19.3 Å². The van der Waals surface area contributed by atoms with Gasteiger partial charge in [0.1, 0.15) is 0 Å². The second-order valence-corrected chi connectivity index (χ2v) is 16.0. The predicted octanol–water partition coefficient (Wildman–Crippen LogP) is 2.57. The lowest BCUT2D eigenvalue weighted by Crippen LogP contribution is -2.50. The fraction of sp³-hybridized carbons (Fsp3) is 1.00. The zero-order valence-electron chi connectivity index (χ0n) is 15.0. The van der Waals surface area contributed by atoms with E-state index in [1.54, 1.807) is 0 Å². The van der Waals surface area contributed by atoms with Gasteiger partial charge in [0.15, 0.2) is 8.32 Å². The Labute approximate surface area is 146 Å². The van der Waals surface area contributed by atoms with Crippen molar-refractivity contribution in [1.82, 2.24) is 0 Å². The third-order valence-corrected chi connectivity index (χ3v) is 11.4. The van der Waals surface area contributed by atoms with Gasteiger partial charge in [-0.1, -0.05) is 27.2 Å². The standard InChI is InChI=1S/C14H30O7S2Si/c1-14(2,3)24(4,5)21-13-8-6-7-11(9-22(15,16)17)12(13)10-23(18,19)20/h11-13H,6-10H2,1-5H3,(H,15,16,17)(H,18,19,20). The molecular formula is C14H30O7S2Si. The second kappa shape index (κ2) is 7.32. The Kier molecular flexibility index (Phi) is 6.72. The third-order valence-electron chi connectivity index (χ3n) is 5.23. The summed E-state index contributed by atoms with van der Waals surface area (Å²) in [6.45, 7) is 10.3. The molecule has 0 spiro atoms. The van der Waals surface area contributed by atoms with Crippen LogP contribution in [0, 0.1) is 11.8 Å². The summed E-state index contributed by atoms with van der Waals surface area (Å²) in [6.07, 6.45) is 1.36. The van der Waals surface area contributed by atoms with Gasteiger partial charge in [-0.05, 0) is 36.9 Å². The Morgan fingerprint density at radius 3 is 1.92 bits per heavy atom. The normalized spacial score (nSPS) is 27.2. The van der Waals surface area contributed by atoms with Crippen molar-refractivity contribution in [3.8, 4) is 0 Å². The van der Waals surface area contributed by atoms with Crippen molar-refractivity contribution in [3.63, 3.8) is 0 Å². The summed E-state index contributed by atoms with van der Waals surface area (Å²) < 4.78 is 70.2. The number of rotatable bonds is 6.